The summed E-state index contributed by atoms with van der Waals surface area (Å²) >= 11 is 0. The largest absolute Gasteiger partial charge is 0.497 e. The molecular formula is C12H15NO4. The third-order valence-corrected chi connectivity index (χ3v) is 2.23. The summed E-state index contributed by atoms with van der Waals surface area (Å²) in [5.74, 6) is -0.423. The maximum atomic E-state index is 11.0. The minimum Gasteiger partial charge on any atom is -0.497 e. The number of carbonyl (C=O) groups is 2. The first kappa shape index (κ1) is 13.0. The Morgan fingerprint density at radius 2 is 2.12 bits per heavy atom. The van der Waals surface area contributed by atoms with Crippen molar-refractivity contribution >= 4 is 17.6 Å². The van der Waals surface area contributed by atoms with Crippen molar-refractivity contribution in [1.29, 1.82) is 0 Å². The van der Waals surface area contributed by atoms with Crippen molar-refractivity contribution in [1.82, 2.24) is 0 Å². The highest BCUT2D eigenvalue weighted by Gasteiger charge is 2.08. The molecule has 0 fully saturated rings. The molecule has 0 saturated carbocycles. The van der Waals surface area contributed by atoms with Crippen LogP contribution < -0.4 is 10.1 Å². The number of hydrogen-bond donors (Lipinski definition) is 2. The van der Waals surface area contributed by atoms with Gasteiger partial charge < -0.3 is 15.2 Å². The second-order valence-corrected chi connectivity index (χ2v) is 3.60. The third-order valence-electron chi connectivity index (χ3n) is 2.23. The molecule has 1 amide bonds. The van der Waals surface area contributed by atoms with Crippen LogP contribution in [-0.2, 0) is 16.0 Å². The molecule has 0 aliphatic carbocycles. The first-order chi connectivity index (χ1) is 8.02. The van der Waals surface area contributed by atoms with E-state index in [0.29, 0.717) is 17.9 Å². The smallest absolute Gasteiger partial charge is 0.303 e. The van der Waals surface area contributed by atoms with Gasteiger partial charge in [0.2, 0.25) is 5.91 Å². The fraction of sp³-hybridized carbons (Fsp3) is 0.333. The predicted octanol–water partition coefficient (Wildman–Crippen LogP) is 1.67. The van der Waals surface area contributed by atoms with E-state index in [2.05, 4.69) is 5.32 Å². The Hall–Kier alpha value is -2.04. The number of anilines is 1. The molecule has 2 N–H and O–H groups in total. The van der Waals surface area contributed by atoms with Crippen molar-refractivity contribution < 1.29 is 19.4 Å². The lowest BCUT2D eigenvalue weighted by Crippen LogP contribution is -2.09. The van der Waals surface area contributed by atoms with Crippen molar-refractivity contribution in [2.75, 3.05) is 12.4 Å². The number of aliphatic carboxylic acids is 1. The van der Waals surface area contributed by atoms with E-state index in [1.165, 1.54) is 14.0 Å². The van der Waals surface area contributed by atoms with Crippen LogP contribution in [0.5, 0.6) is 5.75 Å². The molecule has 0 aromatic heterocycles. The number of methoxy groups -OCH3 is 1. The minimum absolute atomic E-state index is 0.0136. The number of hydrogen-bond acceptors (Lipinski definition) is 3. The summed E-state index contributed by atoms with van der Waals surface area (Å²) in [5.41, 5.74) is 1.38. The predicted molar refractivity (Wildman–Crippen MR) is 63.3 cm³/mol. The van der Waals surface area contributed by atoms with Gasteiger partial charge in [-0.2, -0.15) is 0 Å². The molecule has 0 radical (unpaired) electrons. The number of nitrogens with one attached hydrogen (secondary N) is 1. The fourth-order valence-electron chi connectivity index (χ4n) is 1.46. The summed E-state index contributed by atoms with van der Waals surface area (Å²) in [6.07, 6.45) is 0.363. The molecule has 0 spiro atoms. The summed E-state index contributed by atoms with van der Waals surface area (Å²) in [6, 6.07) is 5.15. The maximum absolute atomic E-state index is 11.0. The molecular weight excluding hydrogens is 222 g/mol. The maximum Gasteiger partial charge on any atom is 0.303 e. The number of rotatable bonds is 5. The van der Waals surface area contributed by atoms with Gasteiger partial charge >= 0.3 is 5.97 Å². The summed E-state index contributed by atoms with van der Waals surface area (Å²) in [7, 11) is 1.54. The molecule has 17 heavy (non-hydrogen) atoms. The van der Waals surface area contributed by atoms with Gasteiger partial charge in [-0.05, 0) is 30.2 Å². The number of carboxylic acids is 1. The molecule has 0 aliphatic heterocycles. The molecule has 5 nitrogen and oxygen atoms in total. The summed E-state index contributed by atoms with van der Waals surface area (Å²) in [4.78, 5) is 21.5. The summed E-state index contributed by atoms with van der Waals surface area (Å²) in [6.45, 7) is 1.41. The van der Waals surface area contributed by atoms with E-state index >= 15 is 0 Å². The molecule has 0 bridgehead atoms. The van der Waals surface area contributed by atoms with Crippen LogP contribution in [0.25, 0.3) is 0 Å². The molecule has 5 heteroatoms. The molecule has 0 atom stereocenters. The van der Waals surface area contributed by atoms with E-state index in [1.807, 2.05) is 0 Å². The SMILES string of the molecule is COc1ccc(NC(C)=O)c(CCC(=O)O)c1. The molecule has 1 aromatic carbocycles. The molecule has 1 aromatic rings. The Labute approximate surface area is 99.4 Å². The van der Waals surface area contributed by atoms with Gasteiger partial charge in [-0.1, -0.05) is 0 Å². The van der Waals surface area contributed by atoms with Crippen molar-refractivity contribution in [3.8, 4) is 5.75 Å². The van der Waals surface area contributed by atoms with Crippen LogP contribution in [0.3, 0.4) is 0 Å². The lowest BCUT2D eigenvalue weighted by Gasteiger charge is -2.10. The minimum atomic E-state index is -0.874. The number of aryl methyl sites for hydroxylation is 1. The van der Waals surface area contributed by atoms with Crippen LogP contribution in [-0.4, -0.2) is 24.1 Å². The van der Waals surface area contributed by atoms with Gasteiger partial charge in [-0.25, -0.2) is 0 Å². The lowest BCUT2D eigenvalue weighted by atomic mass is 10.1. The summed E-state index contributed by atoms with van der Waals surface area (Å²) in [5, 5.41) is 11.3. The fourth-order valence-corrected chi connectivity index (χ4v) is 1.46. The van der Waals surface area contributed by atoms with Crippen LogP contribution in [0.15, 0.2) is 18.2 Å². The molecule has 0 unspecified atom stereocenters. The highest BCUT2D eigenvalue weighted by Crippen LogP contribution is 2.23. The topological polar surface area (TPSA) is 75.6 Å². The second-order valence-electron chi connectivity index (χ2n) is 3.60. The average molecular weight is 237 g/mol. The van der Waals surface area contributed by atoms with Crippen molar-refractivity contribution in [3.05, 3.63) is 23.8 Å². The zero-order valence-corrected chi connectivity index (χ0v) is 9.82. The van der Waals surface area contributed by atoms with E-state index < -0.39 is 5.97 Å². The monoisotopic (exact) mass is 237 g/mol. The number of carboxylic acid groups (broad SMARTS) is 1. The lowest BCUT2D eigenvalue weighted by molar-refractivity contribution is -0.136. The number of benzene rings is 1. The molecule has 1 rings (SSSR count). The second kappa shape index (κ2) is 5.89. The normalized spacial score (nSPS) is 9.76. The average Bonchev–Trinajstić information content (AvgIpc) is 2.27. The zero-order chi connectivity index (χ0) is 12.8. The van der Waals surface area contributed by atoms with Crippen LogP contribution >= 0.6 is 0 Å². The van der Waals surface area contributed by atoms with Gasteiger partial charge in [0.1, 0.15) is 5.75 Å². The van der Waals surface area contributed by atoms with Gasteiger partial charge in [-0.15, -0.1) is 0 Å². The van der Waals surface area contributed by atoms with Crippen LogP contribution in [0.4, 0.5) is 5.69 Å². The summed E-state index contributed by atoms with van der Waals surface area (Å²) < 4.78 is 5.06. The van der Waals surface area contributed by atoms with Gasteiger partial charge in [-0.3, -0.25) is 9.59 Å². The Bertz CT molecular complexity index is 429. The van der Waals surface area contributed by atoms with Crippen LogP contribution in [0, 0.1) is 0 Å². The van der Waals surface area contributed by atoms with E-state index in [4.69, 9.17) is 9.84 Å². The van der Waals surface area contributed by atoms with Gasteiger partial charge in [0.15, 0.2) is 0 Å². The highest BCUT2D eigenvalue weighted by molar-refractivity contribution is 5.89. The van der Waals surface area contributed by atoms with Gasteiger partial charge in [0.25, 0.3) is 0 Å². The van der Waals surface area contributed by atoms with Crippen molar-refractivity contribution in [3.63, 3.8) is 0 Å². The van der Waals surface area contributed by atoms with Crippen molar-refractivity contribution in [2.24, 2.45) is 0 Å². The third kappa shape index (κ3) is 4.14. The molecule has 0 saturated heterocycles. The molecule has 92 valence electrons. The van der Waals surface area contributed by atoms with Crippen LogP contribution in [0.2, 0.25) is 0 Å². The standard InChI is InChI=1S/C12H15NO4/c1-8(14)13-11-5-4-10(17-2)7-9(11)3-6-12(15)16/h4-5,7H,3,6H2,1-2H3,(H,13,14)(H,15,16). The van der Waals surface area contributed by atoms with Gasteiger partial charge in [0, 0.05) is 19.0 Å². The number of carbonyl (C=O) groups excluding carboxylic acids is 1. The van der Waals surface area contributed by atoms with E-state index in [1.54, 1.807) is 18.2 Å². The zero-order valence-electron chi connectivity index (χ0n) is 9.82. The van der Waals surface area contributed by atoms with Gasteiger partial charge in [0.05, 0.1) is 7.11 Å². The Morgan fingerprint density at radius 1 is 1.41 bits per heavy atom. The number of ether oxygens (including phenoxy) is 1. The van der Waals surface area contributed by atoms with Crippen LogP contribution in [0.1, 0.15) is 18.9 Å². The Kier molecular flexibility index (Phi) is 4.51. The quantitative estimate of drug-likeness (QED) is 0.816. The van der Waals surface area contributed by atoms with E-state index in [0.717, 1.165) is 5.56 Å². The number of amides is 1. The first-order valence-corrected chi connectivity index (χ1v) is 5.19. The molecule has 0 aliphatic rings. The molecule has 0 heterocycles. The Morgan fingerprint density at radius 3 is 2.65 bits per heavy atom. The van der Waals surface area contributed by atoms with Crippen molar-refractivity contribution in [2.45, 2.75) is 19.8 Å². The van der Waals surface area contributed by atoms with E-state index in [9.17, 15) is 9.59 Å². The van der Waals surface area contributed by atoms with E-state index in [-0.39, 0.29) is 12.3 Å². The first-order valence-electron chi connectivity index (χ1n) is 5.19. The Balaban J connectivity index is 2.93. The highest BCUT2D eigenvalue weighted by atomic mass is 16.5.